The predicted molar refractivity (Wildman–Crippen MR) is 103 cm³/mol. The molecule has 0 spiro atoms. The van der Waals surface area contributed by atoms with Gasteiger partial charge in [0.15, 0.2) is 0 Å². The Balaban J connectivity index is 1.44. The minimum atomic E-state index is 0.344. The van der Waals surface area contributed by atoms with E-state index in [1.165, 1.54) is 12.0 Å². The maximum atomic E-state index is 4.80. The number of likely N-dealkylation sites (tertiary alicyclic amines) is 1. The molecule has 0 amide bonds. The smallest absolute Gasteiger partial charge is 0.150 e. The fourth-order valence-corrected chi connectivity index (χ4v) is 3.52. The molecule has 0 saturated carbocycles. The van der Waals surface area contributed by atoms with E-state index in [0.29, 0.717) is 6.04 Å². The highest BCUT2D eigenvalue weighted by Gasteiger charge is 2.27. The molecule has 0 radical (unpaired) electrons. The van der Waals surface area contributed by atoms with E-state index < -0.39 is 0 Å². The van der Waals surface area contributed by atoms with Crippen LogP contribution in [0.25, 0.3) is 0 Å². The summed E-state index contributed by atoms with van der Waals surface area (Å²) in [5, 5.41) is 3.24. The van der Waals surface area contributed by atoms with Gasteiger partial charge in [0.05, 0.1) is 24.1 Å². The summed E-state index contributed by atoms with van der Waals surface area (Å²) in [5.41, 5.74) is 2.42. The number of aromatic nitrogens is 3. The van der Waals surface area contributed by atoms with Crippen molar-refractivity contribution in [2.24, 2.45) is 0 Å². The number of pyridine rings is 1. The van der Waals surface area contributed by atoms with Crippen LogP contribution in [-0.4, -0.2) is 32.9 Å². The Labute approximate surface area is 154 Å². The topological polar surface area (TPSA) is 53.9 Å². The second-order valence-electron chi connectivity index (χ2n) is 6.60. The molecule has 1 fully saturated rings. The van der Waals surface area contributed by atoms with Gasteiger partial charge in [0.25, 0.3) is 0 Å². The quantitative estimate of drug-likeness (QED) is 0.732. The van der Waals surface area contributed by atoms with Gasteiger partial charge in [0, 0.05) is 12.7 Å². The lowest BCUT2D eigenvalue weighted by molar-refractivity contribution is 0.256. The third-order valence-electron chi connectivity index (χ3n) is 4.81. The fourth-order valence-electron chi connectivity index (χ4n) is 3.52. The molecule has 3 aromatic rings. The third-order valence-corrected chi connectivity index (χ3v) is 4.81. The Morgan fingerprint density at radius 2 is 1.88 bits per heavy atom. The molecule has 0 aliphatic carbocycles. The largest absolute Gasteiger partial charge is 0.324 e. The van der Waals surface area contributed by atoms with Crippen molar-refractivity contribution in [2.45, 2.75) is 25.3 Å². The van der Waals surface area contributed by atoms with Gasteiger partial charge in [-0.3, -0.25) is 9.88 Å². The Hall–Kier alpha value is -2.79. The van der Waals surface area contributed by atoms with E-state index in [4.69, 9.17) is 4.98 Å². The van der Waals surface area contributed by atoms with Crippen molar-refractivity contribution < 1.29 is 0 Å². The van der Waals surface area contributed by atoms with E-state index in [2.05, 4.69) is 50.5 Å². The SMILES string of the molecule is c1ccc(CCN2CCC[C@H]2c2cncc(Nc3ccccn3)n2)cc1. The Bertz CT molecular complexity index is 822. The zero-order valence-electron chi connectivity index (χ0n) is 14.8. The van der Waals surface area contributed by atoms with Crippen molar-refractivity contribution in [1.29, 1.82) is 0 Å². The first-order valence-electron chi connectivity index (χ1n) is 9.16. The standard InChI is InChI=1S/C21H23N5/c1-2-7-17(8-3-1)11-14-26-13-6-9-19(26)18-15-22-16-21(24-18)25-20-10-4-5-12-23-20/h1-5,7-8,10,12,15-16,19H,6,9,11,13-14H2,(H,23,24,25)/t19-/m0/s1. The molecular formula is C21H23N5. The van der Waals surface area contributed by atoms with Gasteiger partial charge in [0.2, 0.25) is 0 Å². The van der Waals surface area contributed by atoms with Crippen molar-refractivity contribution in [1.82, 2.24) is 19.9 Å². The van der Waals surface area contributed by atoms with E-state index in [-0.39, 0.29) is 0 Å². The highest BCUT2D eigenvalue weighted by atomic mass is 15.2. The summed E-state index contributed by atoms with van der Waals surface area (Å²) in [6.45, 7) is 2.17. The average molecular weight is 345 g/mol. The summed E-state index contributed by atoms with van der Waals surface area (Å²) in [4.78, 5) is 16.0. The number of hydrogen-bond acceptors (Lipinski definition) is 5. The maximum Gasteiger partial charge on any atom is 0.150 e. The van der Waals surface area contributed by atoms with Crippen molar-refractivity contribution in [3.05, 3.63) is 78.4 Å². The number of nitrogens with one attached hydrogen (secondary N) is 1. The van der Waals surface area contributed by atoms with Crippen LogP contribution in [0.3, 0.4) is 0 Å². The van der Waals surface area contributed by atoms with Crippen molar-refractivity contribution >= 4 is 11.6 Å². The molecule has 5 nitrogen and oxygen atoms in total. The van der Waals surface area contributed by atoms with Crippen LogP contribution < -0.4 is 5.32 Å². The van der Waals surface area contributed by atoms with Crippen LogP contribution in [0.5, 0.6) is 0 Å². The van der Waals surface area contributed by atoms with E-state index >= 15 is 0 Å². The number of benzene rings is 1. The number of anilines is 2. The monoisotopic (exact) mass is 345 g/mol. The van der Waals surface area contributed by atoms with Gasteiger partial charge >= 0.3 is 0 Å². The lowest BCUT2D eigenvalue weighted by atomic mass is 10.1. The summed E-state index contributed by atoms with van der Waals surface area (Å²) in [6.07, 6.45) is 8.82. The molecule has 1 saturated heterocycles. The van der Waals surface area contributed by atoms with E-state index in [9.17, 15) is 0 Å². The molecule has 1 aliphatic rings. The van der Waals surface area contributed by atoms with Gasteiger partial charge in [-0.2, -0.15) is 0 Å². The van der Waals surface area contributed by atoms with Crippen LogP contribution in [0.2, 0.25) is 0 Å². The summed E-state index contributed by atoms with van der Waals surface area (Å²) in [7, 11) is 0. The molecule has 0 unspecified atom stereocenters. The third kappa shape index (κ3) is 4.06. The molecular weight excluding hydrogens is 322 g/mol. The van der Waals surface area contributed by atoms with Crippen molar-refractivity contribution in [2.75, 3.05) is 18.4 Å². The number of rotatable bonds is 6. The fraction of sp³-hybridized carbons (Fsp3) is 0.286. The highest BCUT2D eigenvalue weighted by Crippen LogP contribution is 2.31. The lowest BCUT2D eigenvalue weighted by Crippen LogP contribution is -2.26. The molecule has 1 N–H and O–H groups in total. The first kappa shape index (κ1) is 16.7. The van der Waals surface area contributed by atoms with Crippen LogP contribution in [0.1, 0.15) is 30.1 Å². The molecule has 5 heteroatoms. The summed E-state index contributed by atoms with van der Waals surface area (Å²) < 4.78 is 0. The molecule has 26 heavy (non-hydrogen) atoms. The van der Waals surface area contributed by atoms with Crippen LogP contribution in [0, 0.1) is 0 Å². The van der Waals surface area contributed by atoms with Gasteiger partial charge in [-0.25, -0.2) is 9.97 Å². The minimum absolute atomic E-state index is 0.344. The predicted octanol–water partition coefficient (Wildman–Crippen LogP) is 3.99. The van der Waals surface area contributed by atoms with Gasteiger partial charge in [-0.05, 0) is 43.5 Å². The molecule has 132 valence electrons. The molecule has 2 aromatic heterocycles. The van der Waals surface area contributed by atoms with Crippen LogP contribution in [-0.2, 0) is 6.42 Å². The van der Waals surface area contributed by atoms with Crippen LogP contribution in [0.4, 0.5) is 11.6 Å². The van der Waals surface area contributed by atoms with Gasteiger partial charge < -0.3 is 5.32 Å². The summed E-state index contributed by atoms with van der Waals surface area (Å²) >= 11 is 0. The molecule has 3 heterocycles. The molecule has 0 bridgehead atoms. The number of hydrogen-bond donors (Lipinski definition) is 1. The van der Waals surface area contributed by atoms with E-state index in [1.54, 1.807) is 12.4 Å². The van der Waals surface area contributed by atoms with Crippen molar-refractivity contribution in [3.8, 4) is 0 Å². The summed E-state index contributed by atoms with van der Waals surface area (Å²) in [6, 6.07) is 16.8. The molecule has 1 aliphatic heterocycles. The number of nitrogens with zero attached hydrogens (tertiary/aromatic N) is 4. The Kier molecular flexibility index (Phi) is 5.17. The van der Waals surface area contributed by atoms with Gasteiger partial charge in [-0.15, -0.1) is 0 Å². The van der Waals surface area contributed by atoms with Gasteiger partial charge in [-0.1, -0.05) is 36.4 Å². The average Bonchev–Trinajstić information content (AvgIpc) is 3.17. The highest BCUT2D eigenvalue weighted by molar-refractivity contribution is 5.50. The van der Waals surface area contributed by atoms with Crippen LogP contribution in [0.15, 0.2) is 67.1 Å². The Morgan fingerprint density at radius 3 is 2.73 bits per heavy atom. The van der Waals surface area contributed by atoms with E-state index in [1.807, 2.05) is 24.4 Å². The maximum absolute atomic E-state index is 4.80. The second-order valence-corrected chi connectivity index (χ2v) is 6.60. The summed E-state index contributed by atoms with van der Waals surface area (Å²) in [5.74, 6) is 1.53. The van der Waals surface area contributed by atoms with Gasteiger partial charge in [0.1, 0.15) is 11.6 Å². The Morgan fingerprint density at radius 1 is 1.00 bits per heavy atom. The minimum Gasteiger partial charge on any atom is -0.324 e. The molecule has 1 atom stereocenters. The van der Waals surface area contributed by atoms with Crippen LogP contribution >= 0.6 is 0 Å². The second kappa shape index (κ2) is 8.06. The zero-order valence-corrected chi connectivity index (χ0v) is 14.8. The van der Waals surface area contributed by atoms with E-state index in [0.717, 1.165) is 43.3 Å². The lowest BCUT2D eigenvalue weighted by Gasteiger charge is -2.24. The zero-order chi connectivity index (χ0) is 17.6. The normalized spacial score (nSPS) is 17.3. The first-order chi connectivity index (χ1) is 12.9. The molecule has 1 aromatic carbocycles. The van der Waals surface area contributed by atoms with Crippen molar-refractivity contribution in [3.63, 3.8) is 0 Å². The first-order valence-corrected chi connectivity index (χ1v) is 9.16. The molecule has 4 rings (SSSR count).